The molecule has 0 spiro atoms. The average Bonchev–Trinajstić information content (AvgIpc) is 2.67. The fraction of sp³-hybridized carbons (Fsp3) is 0.100. The first-order valence-corrected chi connectivity index (χ1v) is 10.3. The summed E-state index contributed by atoms with van der Waals surface area (Å²) in [5, 5.41) is 3.23. The van der Waals surface area contributed by atoms with E-state index in [1.165, 1.54) is 42.7 Å². The van der Waals surface area contributed by atoms with Crippen LogP contribution in [0, 0.1) is 6.92 Å². The first kappa shape index (κ1) is 19.9. The number of hydrogen-bond donors (Lipinski definition) is 2. The highest BCUT2D eigenvalue weighted by Gasteiger charge is 2.15. The Morgan fingerprint density at radius 3 is 2.39 bits per heavy atom. The van der Waals surface area contributed by atoms with Crippen LogP contribution in [-0.2, 0) is 16.6 Å². The highest BCUT2D eigenvalue weighted by atomic mass is 35.5. The van der Waals surface area contributed by atoms with E-state index >= 15 is 0 Å². The molecule has 2 N–H and O–H groups in total. The normalized spacial score (nSPS) is 11.1. The number of aryl methyl sites for hydroxylation is 1. The number of aromatic nitrogens is 1. The molecule has 0 saturated heterocycles. The van der Waals surface area contributed by atoms with E-state index in [1.54, 1.807) is 0 Å². The smallest absolute Gasteiger partial charge is 0.261 e. The fourth-order valence-electron chi connectivity index (χ4n) is 2.44. The van der Waals surface area contributed by atoms with E-state index < -0.39 is 10.0 Å². The van der Waals surface area contributed by atoms with Gasteiger partial charge in [-0.3, -0.25) is 14.5 Å². The van der Waals surface area contributed by atoms with Gasteiger partial charge in [0.15, 0.2) is 0 Å². The number of anilines is 1. The summed E-state index contributed by atoms with van der Waals surface area (Å²) >= 11 is 5.79. The molecule has 0 fully saturated rings. The van der Waals surface area contributed by atoms with Crippen molar-refractivity contribution in [1.82, 2.24) is 10.3 Å². The van der Waals surface area contributed by atoms with Gasteiger partial charge in [-0.25, -0.2) is 8.42 Å². The number of nitrogens with zero attached hydrogens (tertiary/aromatic N) is 1. The second-order valence-electron chi connectivity index (χ2n) is 6.19. The molecule has 0 aliphatic heterocycles. The first-order valence-electron chi connectivity index (χ1n) is 8.41. The molecule has 3 rings (SSSR count). The molecule has 144 valence electrons. The summed E-state index contributed by atoms with van der Waals surface area (Å²) in [6, 6.07) is 15.0. The number of carbonyl (C=O) groups is 1. The first-order chi connectivity index (χ1) is 13.3. The lowest BCUT2D eigenvalue weighted by Gasteiger charge is -2.10. The van der Waals surface area contributed by atoms with Gasteiger partial charge in [0.1, 0.15) is 0 Å². The lowest BCUT2D eigenvalue weighted by Crippen LogP contribution is -2.23. The largest absolute Gasteiger partial charge is 0.348 e. The quantitative estimate of drug-likeness (QED) is 0.641. The lowest BCUT2D eigenvalue weighted by molar-refractivity contribution is 0.0950. The van der Waals surface area contributed by atoms with Crippen LogP contribution in [0.5, 0.6) is 0 Å². The third kappa shape index (κ3) is 5.09. The molecule has 2 aromatic carbocycles. The summed E-state index contributed by atoms with van der Waals surface area (Å²) in [5.74, 6) is -0.347. The van der Waals surface area contributed by atoms with E-state index in [9.17, 15) is 13.2 Å². The minimum absolute atomic E-state index is 0.0612. The third-order valence-electron chi connectivity index (χ3n) is 3.95. The number of rotatable bonds is 6. The molecule has 0 aliphatic rings. The van der Waals surface area contributed by atoms with Crippen LogP contribution in [0.2, 0.25) is 5.02 Å². The van der Waals surface area contributed by atoms with Crippen LogP contribution in [0.4, 0.5) is 5.69 Å². The summed E-state index contributed by atoms with van der Waals surface area (Å²) in [4.78, 5) is 16.4. The molecule has 0 saturated carbocycles. The van der Waals surface area contributed by atoms with Gasteiger partial charge in [0.2, 0.25) is 0 Å². The molecule has 0 atom stereocenters. The zero-order valence-corrected chi connectivity index (χ0v) is 16.6. The van der Waals surface area contributed by atoms with Crippen molar-refractivity contribution in [2.45, 2.75) is 18.4 Å². The third-order valence-corrected chi connectivity index (χ3v) is 5.60. The zero-order chi connectivity index (χ0) is 20.1. The van der Waals surface area contributed by atoms with Crippen LogP contribution >= 0.6 is 11.6 Å². The van der Waals surface area contributed by atoms with E-state index in [0.717, 1.165) is 11.1 Å². The van der Waals surface area contributed by atoms with E-state index in [4.69, 9.17) is 11.6 Å². The Kier molecular flexibility index (Phi) is 5.96. The number of nitrogens with one attached hydrogen (secondary N) is 2. The minimum atomic E-state index is -3.81. The van der Waals surface area contributed by atoms with Gasteiger partial charge in [0, 0.05) is 17.8 Å². The summed E-state index contributed by atoms with van der Waals surface area (Å²) in [7, 11) is -3.81. The van der Waals surface area contributed by atoms with Gasteiger partial charge in [-0.05, 0) is 42.8 Å². The molecule has 28 heavy (non-hydrogen) atoms. The predicted molar refractivity (Wildman–Crippen MR) is 109 cm³/mol. The zero-order valence-electron chi connectivity index (χ0n) is 15.0. The molecule has 1 aromatic heterocycles. The molecule has 3 aromatic rings. The summed E-state index contributed by atoms with van der Waals surface area (Å²) < 4.78 is 27.3. The Bertz CT molecular complexity index is 1080. The summed E-state index contributed by atoms with van der Waals surface area (Å²) in [6.07, 6.45) is 2.72. The van der Waals surface area contributed by atoms with E-state index in [-0.39, 0.29) is 22.1 Å². The molecule has 8 heteroatoms. The number of carbonyl (C=O) groups excluding carboxylic acids is 1. The molecular formula is C20H18ClN3O3S. The van der Waals surface area contributed by atoms with Crippen molar-refractivity contribution in [2.24, 2.45) is 0 Å². The summed E-state index contributed by atoms with van der Waals surface area (Å²) in [6.45, 7) is 2.35. The van der Waals surface area contributed by atoms with Crippen LogP contribution in [0.1, 0.15) is 21.5 Å². The van der Waals surface area contributed by atoms with Crippen LogP contribution < -0.4 is 10.0 Å². The molecule has 6 nitrogen and oxygen atoms in total. The number of amides is 1. The maximum Gasteiger partial charge on any atom is 0.261 e. The number of pyridine rings is 1. The Hall–Kier alpha value is -2.90. The Morgan fingerprint density at radius 1 is 1.04 bits per heavy atom. The van der Waals surface area contributed by atoms with Crippen molar-refractivity contribution < 1.29 is 13.2 Å². The number of halogens is 1. The lowest BCUT2D eigenvalue weighted by atomic mass is 10.1. The fourth-order valence-corrected chi connectivity index (χ4v) is 3.60. The molecular weight excluding hydrogens is 398 g/mol. The van der Waals surface area contributed by atoms with E-state index in [1.807, 2.05) is 31.2 Å². The Labute approximate surface area is 168 Å². The van der Waals surface area contributed by atoms with Gasteiger partial charge >= 0.3 is 0 Å². The van der Waals surface area contributed by atoms with Gasteiger partial charge in [-0.2, -0.15) is 0 Å². The second kappa shape index (κ2) is 8.41. The predicted octanol–water partition coefficient (Wildman–Crippen LogP) is 3.77. The highest BCUT2D eigenvalue weighted by molar-refractivity contribution is 7.92. The highest BCUT2D eigenvalue weighted by Crippen LogP contribution is 2.18. The van der Waals surface area contributed by atoms with Gasteiger partial charge in [0.25, 0.3) is 15.9 Å². The van der Waals surface area contributed by atoms with Gasteiger partial charge in [-0.15, -0.1) is 0 Å². The van der Waals surface area contributed by atoms with Crippen LogP contribution in [0.25, 0.3) is 0 Å². The SMILES string of the molecule is Cc1ccc(CNC(=O)c2cncc(NS(=O)(=O)c3ccc(Cl)cc3)c2)cc1. The van der Waals surface area contributed by atoms with Crippen LogP contribution in [0.3, 0.4) is 0 Å². The number of benzene rings is 2. The Morgan fingerprint density at radius 2 is 1.71 bits per heavy atom. The second-order valence-corrected chi connectivity index (χ2v) is 8.31. The van der Waals surface area contributed by atoms with E-state index in [0.29, 0.717) is 11.6 Å². The van der Waals surface area contributed by atoms with Gasteiger partial charge < -0.3 is 5.32 Å². The summed E-state index contributed by atoms with van der Waals surface area (Å²) in [5.41, 5.74) is 2.55. The molecule has 1 heterocycles. The van der Waals surface area contributed by atoms with E-state index in [2.05, 4.69) is 15.0 Å². The van der Waals surface area contributed by atoms with Crippen molar-refractivity contribution in [3.63, 3.8) is 0 Å². The van der Waals surface area contributed by atoms with Crippen molar-refractivity contribution >= 4 is 33.2 Å². The monoisotopic (exact) mass is 415 g/mol. The van der Waals surface area contributed by atoms with Crippen molar-refractivity contribution in [3.05, 3.63) is 88.7 Å². The standard InChI is InChI=1S/C20H18ClN3O3S/c1-14-2-4-15(5-3-14)11-23-20(25)16-10-18(13-22-12-16)24-28(26,27)19-8-6-17(21)7-9-19/h2-10,12-13,24H,11H2,1H3,(H,23,25). The Balaban J connectivity index is 1.70. The molecule has 0 radical (unpaired) electrons. The maximum atomic E-state index is 12.4. The maximum absolute atomic E-state index is 12.4. The number of hydrogen-bond acceptors (Lipinski definition) is 4. The molecule has 0 aliphatic carbocycles. The van der Waals surface area contributed by atoms with Crippen LogP contribution in [-0.4, -0.2) is 19.3 Å². The van der Waals surface area contributed by atoms with Crippen LogP contribution in [0.15, 0.2) is 71.9 Å². The molecule has 0 bridgehead atoms. The minimum Gasteiger partial charge on any atom is -0.348 e. The van der Waals surface area contributed by atoms with Crippen molar-refractivity contribution in [1.29, 1.82) is 0 Å². The van der Waals surface area contributed by atoms with Gasteiger partial charge in [-0.1, -0.05) is 41.4 Å². The van der Waals surface area contributed by atoms with Crippen molar-refractivity contribution in [2.75, 3.05) is 4.72 Å². The number of sulfonamides is 1. The van der Waals surface area contributed by atoms with Gasteiger partial charge in [0.05, 0.1) is 22.3 Å². The topological polar surface area (TPSA) is 88.2 Å². The molecule has 1 amide bonds. The average molecular weight is 416 g/mol. The van der Waals surface area contributed by atoms with Crippen molar-refractivity contribution in [3.8, 4) is 0 Å². The molecule has 0 unspecified atom stereocenters.